The van der Waals surface area contributed by atoms with Crippen molar-refractivity contribution in [2.24, 2.45) is 16.3 Å². The van der Waals surface area contributed by atoms with Gasteiger partial charge in [0.2, 0.25) is 27.7 Å². The minimum absolute atomic E-state index is 0.00297. The van der Waals surface area contributed by atoms with Crippen LogP contribution in [0.4, 0.5) is 9.18 Å². The van der Waals surface area contributed by atoms with Crippen LogP contribution in [0.1, 0.15) is 75.0 Å². The highest BCUT2D eigenvalue weighted by molar-refractivity contribution is 7.91. The van der Waals surface area contributed by atoms with E-state index in [1.165, 1.54) is 29.2 Å². The number of methoxy groups -OCH3 is 1. The molecule has 2 heterocycles. The van der Waals surface area contributed by atoms with Gasteiger partial charge in [-0.3, -0.25) is 28.8 Å². The van der Waals surface area contributed by atoms with Crippen molar-refractivity contribution in [2.75, 3.05) is 20.2 Å². The fourth-order valence-corrected chi connectivity index (χ4v) is 8.53. The first-order valence-electron chi connectivity index (χ1n) is 19.1. The number of sulfonamides is 1. The molecule has 2 unspecified atom stereocenters. The molecule has 300 valence electrons. The van der Waals surface area contributed by atoms with Gasteiger partial charge in [0.1, 0.15) is 23.7 Å². The molecule has 6 rings (SSSR count). The number of amides is 5. The van der Waals surface area contributed by atoms with Gasteiger partial charge >= 0.3 is 6.09 Å². The number of halogens is 1. The van der Waals surface area contributed by atoms with Crippen LogP contribution in [0.2, 0.25) is 0 Å². The maximum absolute atomic E-state index is 14.4. The molecule has 5 amide bonds. The monoisotopic (exact) mass is 793 g/mol. The molecule has 2 aromatic rings. The van der Waals surface area contributed by atoms with Gasteiger partial charge in [-0.25, -0.2) is 22.6 Å². The van der Waals surface area contributed by atoms with Crippen LogP contribution in [-0.2, 0) is 53.4 Å². The van der Waals surface area contributed by atoms with Crippen LogP contribution < -0.4 is 14.8 Å². The topological polar surface area (TPSA) is 181 Å². The molecular formula is C40H48FN5O9S. The van der Waals surface area contributed by atoms with Crippen molar-refractivity contribution in [2.45, 2.75) is 95.2 Å². The third-order valence-corrected chi connectivity index (χ3v) is 12.5. The number of nitrogens with one attached hydrogen (secondary N) is 2. The SMILES string of the molecule is CCCCC/C=C\C1C[C@]1(C=NC(=O)C1C[C@@H](OC(=O)N2Cc3cccc(F)c3C2)CN1C(=O)CNC(=O)Cc1cccc(OC)c1)C(=O)NS(=O)(=O)C1CC1. The zero-order valence-electron chi connectivity index (χ0n) is 31.6. The van der Waals surface area contributed by atoms with E-state index in [4.69, 9.17) is 9.47 Å². The summed E-state index contributed by atoms with van der Waals surface area (Å²) in [7, 11) is -2.37. The molecule has 2 aromatic carbocycles. The van der Waals surface area contributed by atoms with Gasteiger partial charge in [0.15, 0.2) is 0 Å². The number of fused-ring (bicyclic) bond motifs is 1. The quantitative estimate of drug-likeness (QED) is 0.145. The summed E-state index contributed by atoms with van der Waals surface area (Å²) in [5.74, 6) is -2.91. The van der Waals surface area contributed by atoms with Crippen LogP contribution in [-0.4, -0.2) is 91.7 Å². The molecule has 16 heteroatoms. The van der Waals surface area contributed by atoms with Crippen molar-refractivity contribution in [3.63, 3.8) is 0 Å². The van der Waals surface area contributed by atoms with Crippen LogP contribution in [0, 0.1) is 17.2 Å². The number of allylic oxidation sites excluding steroid dienone is 2. The second kappa shape index (κ2) is 17.3. The van der Waals surface area contributed by atoms with Crippen LogP contribution in [0.25, 0.3) is 0 Å². The molecule has 0 radical (unpaired) electrons. The molecule has 56 heavy (non-hydrogen) atoms. The van der Waals surface area contributed by atoms with Gasteiger partial charge in [-0.1, -0.05) is 56.2 Å². The number of likely N-dealkylation sites (tertiary alicyclic amines) is 1. The Morgan fingerprint density at radius 2 is 1.86 bits per heavy atom. The number of hydrogen-bond acceptors (Lipinski definition) is 9. The minimum atomic E-state index is -3.88. The molecular weight excluding hydrogens is 746 g/mol. The summed E-state index contributed by atoms with van der Waals surface area (Å²) in [6, 6.07) is 10.3. The fraction of sp³-hybridized carbons (Fsp3) is 0.500. The molecule has 0 aromatic heterocycles. The second-order valence-electron chi connectivity index (χ2n) is 14.9. The first kappa shape index (κ1) is 40.5. The Hall–Kier alpha value is -5.12. The molecule has 1 saturated heterocycles. The lowest BCUT2D eigenvalue weighted by atomic mass is 10.0. The van der Waals surface area contributed by atoms with Gasteiger partial charge in [0, 0.05) is 24.7 Å². The number of carbonyl (C=O) groups is 5. The molecule has 0 spiro atoms. The lowest BCUT2D eigenvalue weighted by Crippen LogP contribution is -2.46. The summed E-state index contributed by atoms with van der Waals surface area (Å²) in [4.78, 5) is 73.7. The largest absolute Gasteiger partial charge is 0.497 e. The average molecular weight is 794 g/mol. The molecule has 2 saturated carbocycles. The van der Waals surface area contributed by atoms with Gasteiger partial charge < -0.3 is 19.7 Å². The Bertz CT molecular complexity index is 2020. The maximum atomic E-state index is 14.4. The first-order valence-corrected chi connectivity index (χ1v) is 20.6. The van der Waals surface area contributed by atoms with Crippen molar-refractivity contribution in [3.05, 3.63) is 77.1 Å². The molecule has 3 fully saturated rings. The summed E-state index contributed by atoms with van der Waals surface area (Å²) in [5.41, 5.74) is 0.309. The van der Waals surface area contributed by atoms with Gasteiger partial charge in [-0.2, -0.15) is 0 Å². The Balaban J connectivity index is 1.16. The molecule has 2 N–H and O–H groups in total. The van der Waals surface area contributed by atoms with E-state index in [2.05, 4.69) is 22.0 Å². The van der Waals surface area contributed by atoms with E-state index >= 15 is 0 Å². The highest BCUT2D eigenvalue weighted by Gasteiger charge is 2.59. The van der Waals surface area contributed by atoms with Crippen LogP contribution in [0.3, 0.4) is 0 Å². The van der Waals surface area contributed by atoms with Crippen LogP contribution in [0.15, 0.2) is 59.6 Å². The summed E-state index contributed by atoms with van der Waals surface area (Å²) in [6.45, 7) is 1.56. The number of rotatable bonds is 16. The number of carbonyl (C=O) groups excluding carboxylic acids is 5. The van der Waals surface area contributed by atoms with E-state index in [1.807, 2.05) is 12.2 Å². The highest BCUT2D eigenvalue weighted by Crippen LogP contribution is 2.53. The van der Waals surface area contributed by atoms with Crippen molar-refractivity contribution < 1.29 is 46.3 Å². The highest BCUT2D eigenvalue weighted by atomic mass is 32.2. The number of unbranched alkanes of at least 4 members (excludes halogenated alkanes) is 3. The van der Waals surface area contributed by atoms with E-state index in [0.717, 1.165) is 25.7 Å². The summed E-state index contributed by atoms with van der Waals surface area (Å²) < 4.78 is 53.0. The van der Waals surface area contributed by atoms with E-state index in [1.54, 1.807) is 36.4 Å². The van der Waals surface area contributed by atoms with Crippen molar-refractivity contribution in [1.82, 2.24) is 19.8 Å². The molecule has 4 aliphatic rings. The standard InChI is InChI=1S/C40H48FN5O9S/c1-3-4-5-6-7-12-28-20-40(28,38(50)44-56(52,53)31-15-16-31)25-43-37(49)34-19-30(55-39(51)45-22-27-11-9-14-33(41)32(27)24-45)23-46(34)36(48)21-42-35(47)18-26-10-8-13-29(17-26)54-2/h7-14,17,25,28,30-31,34H,3-6,15-16,18-24H2,1-2H3,(H,42,47)(H,44,50)/b12-7-,43-25?/t28?,30-,34?,40-/m1/s1. The maximum Gasteiger partial charge on any atom is 0.410 e. The third-order valence-electron chi connectivity index (χ3n) is 10.7. The van der Waals surface area contributed by atoms with E-state index in [9.17, 15) is 36.8 Å². The Labute approximate surface area is 325 Å². The van der Waals surface area contributed by atoms with E-state index in [0.29, 0.717) is 35.3 Å². The molecule has 2 aliphatic heterocycles. The molecule has 14 nitrogen and oxygen atoms in total. The predicted molar refractivity (Wildman–Crippen MR) is 203 cm³/mol. The second-order valence-corrected chi connectivity index (χ2v) is 16.8. The smallest absolute Gasteiger partial charge is 0.410 e. The number of benzene rings is 2. The van der Waals surface area contributed by atoms with Gasteiger partial charge in [0.25, 0.3) is 5.91 Å². The molecule has 0 bridgehead atoms. The van der Waals surface area contributed by atoms with Crippen LogP contribution >= 0.6 is 0 Å². The Kier molecular flexibility index (Phi) is 12.6. The lowest BCUT2D eigenvalue weighted by molar-refractivity contribution is -0.137. The fourth-order valence-electron chi connectivity index (χ4n) is 7.16. The van der Waals surface area contributed by atoms with Gasteiger partial charge in [-0.15, -0.1) is 0 Å². The van der Waals surface area contributed by atoms with E-state index in [-0.39, 0.29) is 44.8 Å². The lowest BCUT2D eigenvalue weighted by Gasteiger charge is -2.22. The zero-order chi connectivity index (χ0) is 40.0. The Morgan fingerprint density at radius 1 is 1.07 bits per heavy atom. The average Bonchev–Trinajstić information content (AvgIpc) is 4.07. The zero-order valence-corrected chi connectivity index (χ0v) is 32.4. The van der Waals surface area contributed by atoms with Crippen molar-refractivity contribution in [3.8, 4) is 5.75 Å². The van der Waals surface area contributed by atoms with Gasteiger partial charge in [0.05, 0.1) is 43.8 Å². The molecule has 2 aliphatic carbocycles. The van der Waals surface area contributed by atoms with Gasteiger partial charge in [-0.05, 0) is 67.3 Å². The van der Waals surface area contributed by atoms with Crippen molar-refractivity contribution in [1.29, 1.82) is 0 Å². The minimum Gasteiger partial charge on any atom is -0.497 e. The Morgan fingerprint density at radius 3 is 2.59 bits per heavy atom. The normalized spacial score (nSPS) is 22.9. The predicted octanol–water partition coefficient (Wildman–Crippen LogP) is 3.96. The number of nitrogens with zero attached hydrogens (tertiary/aromatic N) is 3. The summed E-state index contributed by atoms with van der Waals surface area (Å²) >= 11 is 0. The molecule has 4 atom stereocenters. The first-order chi connectivity index (χ1) is 26.8. The van der Waals surface area contributed by atoms with E-state index < -0.39 is 74.9 Å². The van der Waals surface area contributed by atoms with Crippen LogP contribution in [0.5, 0.6) is 5.75 Å². The summed E-state index contributed by atoms with van der Waals surface area (Å²) in [6.07, 6.45) is 8.12. The number of ether oxygens (including phenoxy) is 2. The third kappa shape index (κ3) is 9.63. The summed E-state index contributed by atoms with van der Waals surface area (Å²) in [5, 5.41) is 1.95. The number of hydrogen-bond donors (Lipinski definition) is 2. The number of aliphatic imine (C=N–C) groups is 1. The van der Waals surface area contributed by atoms with Crippen molar-refractivity contribution >= 4 is 46.0 Å².